The molecule has 1 saturated heterocycles. The van der Waals surface area contributed by atoms with Crippen LogP contribution in [0.4, 0.5) is 13.2 Å². The number of aliphatic imine (C=N–C) groups is 1. The Balaban J connectivity index is 1.44. The van der Waals surface area contributed by atoms with Crippen LogP contribution in [0, 0.1) is 0 Å². The standard InChI is InChI=1S/C21H32F3N5O2/c1-25-20(27-17-5-8-29(13-17)14-21(22,23)24)26-6-9-28-7-4-15-10-18(30-2)19(31-3)11-16(15)12-28/h10-11,17H,4-9,12-14H2,1-3H3,(H2,25,26,27). The topological polar surface area (TPSA) is 61.4 Å². The summed E-state index contributed by atoms with van der Waals surface area (Å²) >= 11 is 0. The highest BCUT2D eigenvalue weighted by molar-refractivity contribution is 5.80. The number of nitrogens with one attached hydrogen (secondary N) is 2. The molecule has 2 aliphatic rings. The summed E-state index contributed by atoms with van der Waals surface area (Å²) in [6.45, 7) is 3.26. The summed E-state index contributed by atoms with van der Waals surface area (Å²) in [4.78, 5) is 8.00. The van der Waals surface area contributed by atoms with Crippen molar-refractivity contribution in [2.75, 3.05) is 60.5 Å². The second-order valence-corrected chi connectivity index (χ2v) is 7.98. The van der Waals surface area contributed by atoms with Gasteiger partial charge in [-0.1, -0.05) is 0 Å². The first-order chi connectivity index (χ1) is 14.8. The maximum atomic E-state index is 12.6. The number of alkyl halides is 3. The van der Waals surface area contributed by atoms with Crippen molar-refractivity contribution in [2.45, 2.75) is 31.6 Å². The van der Waals surface area contributed by atoms with Gasteiger partial charge in [0, 0.05) is 52.4 Å². The summed E-state index contributed by atoms with van der Waals surface area (Å²) in [5, 5.41) is 6.53. The van der Waals surface area contributed by atoms with Crippen LogP contribution in [-0.2, 0) is 13.0 Å². The van der Waals surface area contributed by atoms with E-state index in [1.807, 2.05) is 6.07 Å². The molecule has 1 unspecified atom stereocenters. The third-order valence-corrected chi connectivity index (χ3v) is 5.76. The van der Waals surface area contributed by atoms with Crippen molar-refractivity contribution in [1.82, 2.24) is 20.4 Å². The average molecular weight is 444 g/mol. The van der Waals surface area contributed by atoms with E-state index in [1.165, 1.54) is 16.0 Å². The van der Waals surface area contributed by atoms with Gasteiger partial charge in [-0.15, -0.1) is 0 Å². The molecule has 0 bridgehead atoms. The summed E-state index contributed by atoms with van der Waals surface area (Å²) in [7, 11) is 4.96. The minimum atomic E-state index is -4.16. The normalized spacial score (nSPS) is 20.5. The molecule has 31 heavy (non-hydrogen) atoms. The number of fused-ring (bicyclic) bond motifs is 1. The Bertz CT molecular complexity index is 772. The van der Waals surface area contributed by atoms with Gasteiger partial charge in [0.2, 0.25) is 0 Å². The maximum absolute atomic E-state index is 12.6. The monoisotopic (exact) mass is 443 g/mol. The fourth-order valence-electron chi connectivity index (χ4n) is 4.20. The van der Waals surface area contributed by atoms with Gasteiger partial charge in [-0.25, -0.2) is 0 Å². The summed E-state index contributed by atoms with van der Waals surface area (Å²) in [6.07, 6.45) is -2.54. The van der Waals surface area contributed by atoms with E-state index >= 15 is 0 Å². The number of hydrogen-bond donors (Lipinski definition) is 2. The first kappa shape index (κ1) is 23.5. The van der Waals surface area contributed by atoms with Crippen molar-refractivity contribution in [3.63, 3.8) is 0 Å². The second kappa shape index (κ2) is 10.4. The lowest BCUT2D eigenvalue weighted by Crippen LogP contribution is -2.47. The molecule has 0 amide bonds. The zero-order valence-electron chi connectivity index (χ0n) is 18.4. The molecule has 1 atom stereocenters. The third kappa shape index (κ3) is 6.64. The van der Waals surface area contributed by atoms with E-state index in [0.717, 1.165) is 37.6 Å². The Morgan fingerprint density at radius 3 is 2.48 bits per heavy atom. The van der Waals surface area contributed by atoms with Gasteiger partial charge in [0.25, 0.3) is 0 Å². The SMILES string of the molecule is CN=C(NCCN1CCc2cc(OC)c(OC)cc2C1)NC1CCN(CC(F)(F)F)C1. The molecule has 0 saturated carbocycles. The number of benzene rings is 1. The van der Waals surface area contributed by atoms with Crippen LogP contribution in [0.5, 0.6) is 11.5 Å². The predicted molar refractivity (Wildman–Crippen MR) is 114 cm³/mol. The molecule has 2 heterocycles. The number of hydrogen-bond acceptors (Lipinski definition) is 5. The van der Waals surface area contributed by atoms with Crippen LogP contribution in [0.1, 0.15) is 17.5 Å². The van der Waals surface area contributed by atoms with E-state index in [9.17, 15) is 13.2 Å². The molecule has 0 aliphatic carbocycles. The number of methoxy groups -OCH3 is 2. The van der Waals surface area contributed by atoms with Crippen LogP contribution in [0.25, 0.3) is 0 Å². The molecule has 0 aromatic heterocycles. The number of guanidine groups is 1. The Morgan fingerprint density at radius 1 is 1.13 bits per heavy atom. The quantitative estimate of drug-likeness (QED) is 0.496. The largest absolute Gasteiger partial charge is 0.493 e. The highest BCUT2D eigenvalue weighted by atomic mass is 19.4. The maximum Gasteiger partial charge on any atom is 0.401 e. The molecule has 2 N–H and O–H groups in total. The molecular weight excluding hydrogens is 411 g/mol. The number of rotatable bonds is 7. The van der Waals surface area contributed by atoms with Gasteiger partial charge >= 0.3 is 6.18 Å². The van der Waals surface area contributed by atoms with Gasteiger partial charge < -0.3 is 20.1 Å². The van der Waals surface area contributed by atoms with Crippen molar-refractivity contribution in [3.05, 3.63) is 23.3 Å². The molecule has 1 aromatic rings. The minimum Gasteiger partial charge on any atom is -0.493 e. The molecule has 10 heteroatoms. The van der Waals surface area contributed by atoms with Gasteiger partial charge in [0.05, 0.1) is 20.8 Å². The number of halogens is 3. The van der Waals surface area contributed by atoms with Crippen LogP contribution in [0.2, 0.25) is 0 Å². The second-order valence-electron chi connectivity index (χ2n) is 7.98. The lowest BCUT2D eigenvalue weighted by Gasteiger charge is -2.30. The van der Waals surface area contributed by atoms with Crippen molar-refractivity contribution < 1.29 is 22.6 Å². The van der Waals surface area contributed by atoms with E-state index in [2.05, 4.69) is 26.6 Å². The van der Waals surface area contributed by atoms with Crippen molar-refractivity contribution in [1.29, 1.82) is 0 Å². The van der Waals surface area contributed by atoms with Crippen LogP contribution in [0.3, 0.4) is 0 Å². The zero-order valence-corrected chi connectivity index (χ0v) is 18.4. The minimum absolute atomic E-state index is 0.0298. The lowest BCUT2D eigenvalue weighted by molar-refractivity contribution is -0.143. The molecule has 1 fully saturated rings. The summed E-state index contributed by atoms with van der Waals surface area (Å²) in [6, 6.07) is 4.07. The van der Waals surface area contributed by atoms with E-state index < -0.39 is 12.7 Å². The highest BCUT2D eigenvalue weighted by Gasteiger charge is 2.34. The third-order valence-electron chi connectivity index (χ3n) is 5.76. The molecule has 3 rings (SSSR count). The average Bonchev–Trinajstić information content (AvgIpc) is 3.16. The van der Waals surface area contributed by atoms with Crippen molar-refractivity contribution in [2.24, 2.45) is 4.99 Å². The van der Waals surface area contributed by atoms with E-state index in [-0.39, 0.29) is 6.04 Å². The summed E-state index contributed by atoms with van der Waals surface area (Å²) in [5.74, 6) is 2.12. The van der Waals surface area contributed by atoms with Crippen LogP contribution in [0.15, 0.2) is 17.1 Å². The number of nitrogens with zero attached hydrogens (tertiary/aromatic N) is 3. The number of likely N-dealkylation sites (tertiary alicyclic amines) is 1. The van der Waals surface area contributed by atoms with Gasteiger partial charge in [-0.3, -0.25) is 14.8 Å². The highest BCUT2D eigenvalue weighted by Crippen LogP contribution is 2.33. The first-order valence-corrected chi connectivity index (χ1v) is 10.5. The predicted octanol–water partition coefficient (Wildman–Crippen LogP) is 1.86. The van der Waals surface area contributed by atoms with Crippen molar-refractivity contribution in [3.8, 4) is 11.5 Å². The van der Waals surface area contributed by atoms with Crippen LogP contribution >= 0.6 is 0 Å². The summed E-state index contributed by atoms with van der Waals surface area (Å²) in [5.41, 5.74) is 2.52. The smallest absolute Gasteiger partial charge is 0.401 e. The van der Waals surface area contributed by atoms with E-state index in [0.29, 0.717) is 32.0 Å². The molecule has 1 aromatic carbocycles. The number of ether oxygens (including phenoxy) is 2. The molecular formula is C21H32F3N5O2. The fraction of sp³-hybridized carbons (Fsp3) is 0.667. The molecule has 0 spiro atoms. The Labute approximate surface area is 181 Å². The Morgan fingerprint density at radius 2 is 1.84 bits per heavy atom. The molecule has 0 radical (unpaired) electrons. The van der Waals surface area contributed by atoms with Crippen LogP contribution in [-0.4, -0.2) is 88.5 Å². The Kier molecular flexibility index (Phi) is 7.88. The lowest BCUT2D eigenvalue weighted by atomic mass is 9.99. The fourth-order valence-corrected chi connectivity index (χ4v) is 4.20. The van der Waals surface area contributed by atoms with Gasteiger partial charge in [-0.2, -0.15) is 13.2 Å². The van der Waals surface area contributed by atoms with Gasteiger partial charge in [-0.05, 0) is 36.1 Å². The van der Waals surface area contributed by atoms with Crippen LogP contribution < -0.4 is 20.1 Å². The van der Waals surface area contributed by atoms with Gasteiger partial charge in [0.1, 0.15) is 0 Å². The molecule has 2 aliphatic heterocycles. The molecule has 7 nitrogen and oxygen atoms in total. The molecule has 174 valence electrons. The zero-order chi connectivity index (χ0) is 22.4. The summed E-state index contributed by atoms with van der Waals surface area (Å²) < 4.78 is 48.5. The van der Waals surface area contributed by atoms with Crippen molar-refractivity contribution >= 4 is 5.96 Å². The van der Waals surface area contributed by atoms with E-state index in [1.54, 1.807) is 21.3 Å². The van der Waals surface area contributed by atoms with Gasteiger partial charge in [0.15, 0.2) is 17.5 Å². The Hall–Kier alpha value is -2.20. The first-order valence-electron chi connectivity index (χ1n) is 10.5. The van der Waals surface area contributed by atoms with E-state index in [4.69, 9.17) is 9.47 Å².